The lowest BCUT2D eigenvalue weighted by Gasteiger charge is -2.54. The highest BCUT2D eigenvalue weighted by Gasteiger charge is 2.55. The highest BCUT2D eigenvalue weighted by molar-refractivity contribution is 7.22. The zero-order chi connectivity index (χ0) is 31.1. The number of carboxylic acid groups (broad SMARTS) is 1. The number of rotatable bonds is 8. The van der Waals surface area contributed by atoms with Crippen molar-refractivity contribution < 1.29 is 41.5 Å². The van der Waals surface area contributed by atoms with E-state index in [-0.39, 0.29) is 58.5 Å². The smallest absolute Gasteiger partial charge is 0.478 e. The molecule has 0 unspecified atom stereocenters. The van der Waals surface area contributed by atoms with E-state index in [1.807, 2.05) is 0 Å². The molecular weight excluding hydrogens is 614 g/mol. The lowest BCUT2D eigenvalue weighted by molar-refractivity contribution is -0.274. The van der Waals surface area contributed by atoms with Gasteiger partial charge in [0.05, 0.1) is 23.0 Å². The average Bonchev–Trinajstić information content (AvgIpc) is 3.47. The van der Waals surface area contributed by atoms with Gasteiger partial charge in [-0.05, 0) is 81.0 Å². The molecule has 4 fully saturated rings. The second-order valence-electron chi connectivity index (χ2n) is 12.8. The van der Waals surface area contributed by atoms with E-state index in [2.05, 4.69) is 19.8 Å². The van der Waals surface area contributed by atoms with E-state index in [1.54, 1.807) is 12.1 Å². The lowest BCUT2D eigenvalue weighted by atomic mass is 9.59. The van der Waals surface area contributed by atoms with Crippen LogP contribution in [0.15, 0.2) is 40.9 Å². The Morgan fingerprint density at radius 1 is 1.09 bits per heavy atom. The topological polar surface area (TPSA) is 97.9 Å². The second-order valence-corrected chi connectivity index (χ2v) is 13.8. The molecule has 45 heavy (non-hydrogen) atoms. The fraction of sp³-hybridized carbons (Fsp3) is 0.469. The van der Waals surface area contributed by atoms with Gasteiger partial charge in [0.1, 0.15) is 22.7 Å². The molecule has 236 valence electrons. The zero-order valence-corrected chi connectivity index (χ0v) is 24.8. The van der Waals surface area contributed by atoms with Crippen LogP contribution in [0.2, 0.25) is 0 Å². The van der Waals surface area contributed by atoms with Crippen LogP contribution >= 0.6 is 11.3 Å². The maximum Gasteiger partial charge on any atom is 0.573 e. The molecule has 2 atom stereocenters. The van der Waals surface area contributed by atoms with Gasteiger partial charge in [0.2, 0.25) is 0 Å². The highest BCUT2D eigenvalue weighted by atomic mass is 32.1. The summed E-state index contributed by atoms with van der Waals surface area (Å²) in [6, 6.07) is 8.99. The third-order valence-corrected chi connectivity index (χ3v) is 10.8. The van der Waals surface area contributed by atoms with Gasteiger partial charge in [-0.1, -0.05) is 28.6 Å². The quantitative estimate of drug-likeness (QED) is 0.193. The van der Waals surface area contributed by atoms with Crippen molar-refractivity contribution in [2.45, 2.75) is 88.4 Å². The number of benzene rings is 2. The predicted octanol–water partition coefficient (Wildman–Crippen LogP) is 8.06. The van der Waals surface area contributed by atoms with Crippen molar-refractivity contribution in [1.82, 2.24) is 10.1 Å². The Morgan fingerprint density at radius 2 is 1.82 bits per heavy atom. The fourth-order valence-electron chi connectivity index (χ4n) is 7.74. The van der Waals surface area contributed by atoms with Gasteiger partial charge in [-0.15, -0.1) is 13.2 Å². The van der Waals surface area contributed by atoms with E-state index in [0.717, 1.165) is 62.6 Å². The number of carbonyl (C=O) groups is 1. The normalized spacial score (nSPS) is 26.0. The molecule has 2 aromatic heterocycles. The maximum absolute atomic E-state index is 14.7. The van der Waals surface area contributed by atoms with Crippen molar-refractivity contribution >= 4 is 32.7 Å². The van der Waals surface area contributed by atoms with Crippen molar-refractivity contribution in [3.8, 4) is 17.0 Å². The molecule has 2 bridgehead atoms. The molecular formula is C32H29F4N3O5S. The minimum absolute atomic E-state index is 0.0124. The van der Waals surface area contributed by atoms with Crippen LogP contribution in [-0.4, -0.2) is 45.8 Å². The molecule has 1 spiro atoms. The lowest BCUT2D eigenvalue weighted by Crippen LogP contribution is -2.54. The minimum atomic E-state index is -4.84. The largest absolute Gasteiger partial charge is 0.573 e. The van der Waals surface area contributed by atoms with Gasteiger partial charge < -0.3 is 24.0 Å². The van der Waals surface area contributed by atoms with Gasteiger partial charge in [-0.25, -0.2) is 14.2 Å². The molecule has 13 heteroatoms. The van der Waals surface area contributed by atoms with Gasteiger partial charge in [-0.3, -0.25) is 0 Å². The number of halogens is 4. The molecule has 1 N–H and O–H groups in total. The first-order valence-corrected chi connectivity index (χ1v) is 15.9. The summed E-state index contributed by atoms with van der Waals surface area (Å²) in [5.41, 5.74) is 1.48. The molecule has 2 saturated heterocycles. The number of alkyl halides is 3. The number of carboxylic acids is 1. The van der Waals surface area contributed by atoms with E-state index >= 15 is 0 Å². The maximum atomic E-state index is 14.7. The van der Waals surface area contributed by atoms with Crippen molar-refractivity contribution in [2.75, 3.05) is 4.90 Å². The van der Waals surface area contributed by atoms with Crippen LogP contribution in [0.1, 0.15) is 79.0 Å². The van der Waals surface area contributed by atoms with Crippen molar-refractivity contribution in [3.05, 3.63) is 59.1 Å². The van der Waals surface area contributed by atoms with E-state index in [9.17, 15) is 27.5 Å². The summed E-state index contributed by atoms with van der Waals surface area (Å²) in [6.45, 7) is 0.195. The molecule has 4 aromatic rings. The molecule has 0 radical (unpaired) electrons. The van der Waals surface area contributed by atoms with Crippen LogP contribution < -0.4 is 9.64 Å². The molecule has 2 saturated carbocycles. The Morgan fingerprint density at radius 3 is 2.51 bits per heavy atom. The molecule has 4 heterocycles. The van der Waals surface area contributed by atoms with Crippen molar-refractivity contribution in [1.29, 1.82) is 0 Å². The first-order chi connectivity index (χ1) is 21.6. The van der Waals surface area contributed by atoms with Gasteiger partial charge in [0.25, 0.3) is 0 Å². The summed E-state index contributed by atoms with van der Waals surface area (Å²) in [6.07, 6.45) is 2.81. The van der Waals surface area contributed by atoms with Gasteiger partial charge in [0, 0.05) is 29.1 Å². The predicted molar refractivity (Wildman–Crippen MR) is 156 cm³/mol. The molecule has 8 nitrogen and oxygen atoms in total. The Hall–Kier alpha value is -3.71. The molecule has 8 rings (SSSR count). The second kappa shape index (κ2) is 10.4. The van der Waals surface area contributed by atoms with Gasteiger partial charge in [-0.2, -0.15) is 0 Å². The van der Waals surface area contributed by atoms with Crippen LogP contribution in [0.25, 0.3) is 21.5 Å². The number of aromatic carboxylic acids is 1. The van der Waals surface area contributed by atoms with Crippen LogP contribution in [0.3, 0.4) is 0 Å². The third kappa shape index (κ3) is 5.23. The summed E-state index contributed by atoms with van der Waals surface area (Å²) in [4.78, 5) is 18.3. The highest BCUT2D eigenvalue weighted by Crippen LogP contribution is 2.58. The number of anilines is 1. The minimum Gasteiger partial charge on any atom is -0.478 e. The Kier molecular flexibility index (Phi) is 6.65. The zero-order valence-electron chi connectivity index (χ0n) is 24.0. The molecule has 2 aliphatic heterocycles. The Labute approximate surface area is 258 Å². The van der Waals surface area contributed by atoms with Crippen LogP contribution in [-0.2, 0) is 11.3 Å². The summed E-state index contributed by atoms with van der Waals surface area (Å²) in [5.74, 6) is -1.25. The number of ether oxygens (including phenoxy) is 2. The standard InChI is InChI=1S/C32H29F4N3O5S/c33-23-9-17(29(40)41)10-25-27(23)37-30(45-25)39-18-7-8-19(39)12-31(11-18)13-20(14-31)42-15-22-26(38-44-28(22)16-5-6-16)21-3-1-2-4-24(21)43-32(34,35)36/h1-4,9-10,16,18-20H,5-8,11-15H2,(H,40,41)/t18-,19+,20?,31?. The monoisotopic (exact) mass is 643 g/mol. The van der Waals surface area contributed by atoms with E-state index < -0.39 is 18.1 Å². The first-order valence-electron chi connectivity index (χ1n) is 15.1. The summed E-state index contributed by atoms with van der Waals surface area (Å²) >= 11 is 1.34. The molecule has 0 amide bonds. The van der Waals surface area contributed by atoms with Gasteiger partial charge in [0.15, 0.2) is 10.9 Å². The first kappa shape index (κ1) is 28.7. The van der Waals surface area contributed by atoms with Gasteiger partial charge >= 0.3 is 12.3 Å². The molecule has 4 aliphatic rings. The Bertz CT molecular complexity index is 1780. The van der Waals surface area contributed by atoms with E-state index in [1.165, 1.54) is 29.5 Å². The van der Waals surface area contributed by atoms with Crippen LogP contribution in [0.5, 0.6) is 5.75 Å². The number of nitrogens with zero attached hydrogens (tertiary/aromatic N) is 3. The number of piperidine rings is 1. The van der Waals surface area contributed by atoms with Crippen molar-refractivity contribution in [2.24, 2.45) is 5.41 Å². The molecule has 2 aliphatic carbocycles. The summed E-state index contributed by atoms with van der Waals surface area (Å²) in [5, 5.41) is 14.2. The van der Waals surface area contributed by atoms with Crippen LogP contribution in [0.4, 0.5) is 22.7 Å². The Balaban J connectivity index is 0.959. The number of para-hydroxylation sites is 1. The van der Waals surface area contributed by atoms with E-state index in [0.29, 0.717) is 21.7 Å². The van der Waals surface area contributed by atoms with Crippen molar-refractivity contribution in [3.63, 3.8) is 0 Å². The summed E-state index contributed by atoms with van der Waals surface area (Å²) in [7, 11) is 0. The SMILES string of the molecule is O=C(O)c1cc(F)c2nc(N3[C@@H]4CC[C@H]3CC3(CC(OCc5c(-c6ccccc6OC(F)(F)F)noc5C5CC5)C3)C4)sc2c1. The summed E-state index contributed by atoms with van der Waals surface area (Å²) < 4.78 is 70.9. The van der Waals surface area contributed by atoms with E-state index in [4.69, 9.17) is 9.26 Å². The number of thiazole rings is 1. The fourth-order valence-corrected chi connectivity index (χ4v) is 8.90. The number of hydrogen-bond donors (Lipinski definition) is 1. The molecule has 2 aromatic carbocycles. The number of aromatic nitrogens is 2. The van der Waals surface area contributed by atoms with Crippen LogP contribution in [0, 0.1) is 11.2 Å². The number of hydrogen-bond acceptors (Lipinski definition) is 8. The average molecular weight is 644 g/mol. The third-order valence-electron chi connectivity index (χ3n) is 9.78. The number of fused-ring (bicyclic) bond motifs is 3.